The molecule has 2 N–H and O–H groups in total. The van der Waals surface area contributed by atoms with Crippen molar-refractivity contribution in [3.63, 3.8) is 0 Å². The van der Waals surface area contributed by atoms with E-state index in [1.807, 2.05) is 0 Å². The number of halogens is 6. The molecule has 0 radical (unpaired) electrons. The van der Waals surface area contributed by atoms with Crippen molar-refractivity contribution in [3.05, 3.63) is 58.8 Å². The zero-order chi connectivity index (χ0) is 22.7. The maximum absolute atomic E-state index is 13.1. The van der Waals surface area contributed by atoms with Gasteiger partial charge in [0.1, 0.15) is 5.69 Å². The number of hydrogen-bond donors (Lipinski definition) is 2. The van der Waals surface area contributed by atoms with Crippen molar-refractivity contribution < 1.29 is 41.4 Å². The lowest BCUT2D eigenvalue weighted by molar-refractivity contribution is -0.143. The molecule has 0 fully saturated rings. The second kappa shape index (κ2) is 8.90. The summed E-state index contributed by atoms with van der Waals surface area (Å²) in [4.78, 5) is 17.4. The van der Waals surface area contributed by atoms with Crippen molar-refractivity contribution in [2.24, 2.45) is 0 Å². The van der Waals surface area contributed by atoms with Crippen molar-refractivity contribution in [2.75, 3.05) is 6.61 Å². The first-order valence-corrected chi connectivity index (χ1v) is 8.73. The number of aliphatic hydroxyl groups is 1. The molecule has 0 saturated heterocycles. The van der Waals surface area contributed by atoms with Crippen LogP contribution in [0.4, 0.5) is 26.3 Å². The number of alkyl halides is 6. The summed E-state index contributed by atoms with van der Waals surface area (Å²) in [6, 6.07) is 3.87. The number of benzene rings is 1. The number of aliphatic hydroxyl groups excluding tert-OH is 1. The lowest BCUT2D eigenvalue weighted by atomic mass is 10.0. The van der Waals surface area contributed by atoms with Gasteiger partial charge >= 0.3 is 12.4 Å². The lowest BCUT2D eigenvalue weighted by Gasteiger charge is -2.30. The summed E-state index contributed by atoms with van der Waals surface area (Å²) in [7, 11) is 0. The first-order chi connectivity index (χ1) is 13.9. The van der Waals surface area contributed by atoms with Gasteiger partial charge in [-0.1, -0.05) is 13.0 Å². The Bertz CT molecular complexity index is 862. The highest BCUT2D eigenvalue weighted by molar-refractivity contribution is 5.92. The van der Waals surface area contributed by atoms with Gasteiger partial charge in [0.2, 0.25) is 5.88 Å². The summed E-state index contributed by atoms with van der Waals surface area (Å²) >= 11 is 0. The summed E-state index contributed by atoms with van der Waals surface area (Å²) in [5.41, 5.74) is -3.71. The minimum Gasteiger partial charge on any atom is -0.493 e. The summed E-state index contributed by atoms with van der Waals surface area (Å²) in [6.45, 7) is 0.374. The number of aromatic nitrogens is 1. The molecule has 164 valence electrons. The molecule has 0 saturated carbocycles. The minimum absolute atomic E-state index is 0.00417. The van der Waals surface area contributed by atoms with Gasteiger partial charge in [-0.15, -0.1) is 0 Å². The number of pyridine rings is 1. The highest BCUT2D eigenvalue weighted by Crippen LogP contribution is 2.36. The zero-order valence-electron chi connectivity index (χ0n) is 15.6. The Labute approximate surface area is 167 Å². The van der Waals surface area contributed by atoms with E-state index in [1.54, 1.807) is 6.92 Å². The van der Waals surface area contributed by atoms with Gasteiger partial charge < -0.3 is 15.1 Å². The molecular formula is C19H18F6N2O3. The van der Waals surface area contributed by atoms with Crippen LogP contribution in [-0.2, 0) is 18.9 Å². The average Bonchev–Trinajstić information content (AvgIpc) is 2.66. The van der Waals surface area contributed by atoms with E-state index in [4.69, 9.17) is 0 Å². The summed E-state index contributed by atoms with van der Waals surface area (Å²) in [5.74, 6) is -1.35. The Kier molecular flexibility index (Phi) is 6.96. The number of carbonyl (C=O) groups is 1. The molecule has 2 aromatic rings. The molecule has 1 heterocycles. The smallest absolute Gasteiger partial charge is 0.416 e. The first kappa shape index (κ1) is 23.5. The van der Waals surface area contributed by atoms with Gasteiger partial charge in [0.25, 0.3) is 5.91 Å². The molecule has 1 unspecified atom stereocenters. The second-order valence-corrected chi connectivity index (χ2v) is 6.47. The zero-order valence-corrected chi connectivity index (χ0v) is 15.6. The van der Waals surface area contributed by atoms with Gasteiger partial charge in [0.15, 0.2) is 0 Å². The van der Waals surface area contributed by atoms with Crippen molar-refractivity contribution in [1.82, 2.24) is 9.88 Å². The van der Waals surface area contributed by atoms with Crippen LogP contribution < -0.4 is 0 Å². The number of carbonyl (C=O) groups excluding carboxylic acids is 1. The number of amides is 1. The summed E-state index contributed by atoms with van der Waals surface area (Å²) < 4.78 is 78.6. The van der Waals surface area contributed by atoms with Crippen LogP contribution in [0.2, 0.25) is 0 Å². The van der Waals surface area contributed by atoms with E-state index in [0.717, 1.165) is 4.90 Å². The molecule has 1 aromatic carbocycles. The normalized spacial score (nSPS) is 13.2. The number of aromatic hydroxyl groups is 1. The predicted octanol–water partition coefficient (Wildman–Crippen LogP) is 4.24. The van der Waals surface area contributed by atoms with Crippen molar-refractivity contribution in [3.8, 4) is 5.88 Å². The highest BCUT2D eigenvalue weighted by atomic mass is 19.4. The Morgan fingerprint density at radius 3 is 2.07 bits per heavy atom. The SMILES string of the molecule is CCC(CO)N(Cc1cc(C(F)(F)F)cc(C(F)(F)F)c1)C(=O)c1cccc(O)n1. The fourth-order valence-electron chi connectivity index (χ4n) is 2.81. The third-order valence-electron chi connectivity index (χ3n) is 4.34. The van der Waals surface area contributed by atoms with Crippen molar-refractivity contribution in [1.29, 1.82) is 0 Å². The molecule has 5 nitrogen and oxygen atoms in total. The Morgan fingerprint density at radius 2 is 1.63 bits per heavy atom. The molecule has 1 atom stereocenters. The lowest BCUT2D eigenvalue weighted by Crippen LogP contribution is -2.42. The molecule has 0 spiro atoms. The number of nitrogens with zero attached hydrogens (tertiary/aromatic N) is 2. The van der Waals surface area contributed by atoms with E-state index in [0.29, 0.717) is 12.1 Å². The van der Waals surface area contributed by atoms with Crippen LogP contribution in [0.1, 0.15) is 40.5 Å². The van der Waals surface area contributed by atoms with Gasteiger partial charge in [0, 0.05) is 12.6 Å². The van der Waals surface area contributed by atoms with Crippen LogP contribution >= 0.6 is 0 Å². The highest BCUT2D eigenvalue weighted by Gasteiger charge is 2.37. The van der Waals surface area contributed by atoms with E-state index >= 15 is 0 Å². The molecule has 1 aromatic heterocycles. The van der Waals surface area contributed by atoms with E-state index in [-0.39, 0.29) is 18.2 Å². The van der Waals surface area contributed by atoms with Crippen molar-refractivity contribution in [2.45, 2.75) is 38.3 Å². The van der Waals surface area contributed by atoms with Crippen LogP contribution in [0.3, 0.4) is 0 Å². The monoisotopic (exact) mass is 436 g/mol. The molecular weight excluding hydrogens is 418 g/mol. The molecule has 0 bridgehead atoms. The minimum atomic E-state index is -5.03. The van der Waals surface area contributed by atoms with Gasteiger partial charge in [-0.05, 0) is 36.2 Å². The van der Waals surface area contributed by atoms with Crippen LogP contribution in [0.15, 0.2) is 36.4 Å². The van der Waals surface area contributed by atoms with Crippen LogP contribution in [-0.4, -0.2) is 38.7 Å². The quantitative estimate of drug-likeness (QED) is 0.665. The molecule has 0 aliphatic carbocycles. The number of rotatable bonds is 6. The molecule has 0 aliphatic heterocycles. The first-order valence-electron chi connectivity index (χ1n) is 8.73. The van der Waals surface area contributed by atoms with Crippen molar-refractivity contribution >= 4 is 5.91 Å². The Balaban J connectivity index is 2.53. The average molecular weight is 436 g/mol. The standard InChI is InChI=1S/C19H18F6N2O3/c1-2-14(10-28)27(17(30)15-4-3-5-16(29)26-15)9-11-6-12(18(20,21)22)8-13(7-11)19(23,24)25/h3-8,14,28H,2,9-10H2,1H3,(H,26,29). The van der Waals surface area contributed by atoms with Gasteiger partial charge in [0.05, 0.1) is 23.8 Å². The topological polar surface area (TPSA) is 73.7 Å². The summed E-state index contributed by atoms with van der Waals surface area (Å²) in [5, 5.41) is 19.0. The predicted molar refractivity (Wildman–Crippen MR) is 93.4 cm³/mol. The van der Waals surface area contributed by atoms with E-state index < -0.39 is 60.0 Å². The van der Waals surface area contributed by atoms with Gasteiger partial charge in [-0.3, -0.25) is 4.79 Å². The second-order valence-electron chi connectivity index (χ2n) is 6.47. The Morgan fingerprint density at radius 1 is 1.07 bits per heavy atom. The van der Waals surface area contributed by atoms with Crippen LogP contribution in [0, 0.1) is 0 Å². The number of hydrogen-bond acceptors (Lipinski definition) is 4. The molecule has 30 heavy (non-hydrogen) atoms. The largest absolute Gasteiger partial charge is 0.493 e. The third-order valence-corrected chi connectivity index (χ3v) is 4.34. The third kappa shape index (κ3) is 5.62. The maximum atomic E-state index is 13.1. The van der Waals surface area contributed by atoms with Crippen LogP contribution in [0.5, 0.6) is 5.88 Å². The molecule has 1 amide bonds. The van der Waals surface area contributed by atoms with E-state index in [1.165, 1.54) is 18.2 Å². The molecule has 0 aliphatic rings. The summed E-state index contributed by atoms with van der Waals surface area (Å²) in [6.07, 6.45) is -9.89. The molecule has 11 heteroatoms. The van der Waals surface area contributed by atoms with E-state index in [9.17, 15) is 41.4 Å². The van der Waals surface area contributed by atoms with Gasteiger partial charge in [-0.2, -0.15) is 26.3 Å². The van der Waals surface area contributed by atoms with Gasteiger partial charge in [-0.25, -0.2) is 4.98 Å². The fourth-order valence-corrected chi connectivity index (χ4v) is 2.81. The van der Waals surface area contributed by atoms with E-state index in [2.05, 4.69) is 4.98 Å². The van der Waals surface area contributed by atoms with Crippen LogP contribution in [0.25, 0.3) is 0 Å². The molecule has 2 rings (SSSR count). The fraction of sp³-hybridized carbons (Fsp3) is 0.368. The maximum Gasteiger partial charge on any atom is 0.416 e. The Hall–Kier alpha value is -2.82.